The fraction of sp³-hybridized carbons (Fsp3) is 0. The number of aromatic nitrogens is 1. The third kappa shape index (κ3) is 2.34. The molecular formula is C17H13NO2. The summed E-state index contributed by atoms with van der Waals surface area (Å²) in [5, 5.41) is 9.32. The first kappa shape index (κ1) is 12.2. The maximum Gasteiger partial charge on any atom is 0.255 e. The summed E-state index contributed by atoms with van der Waals surface area (Å²) in [6, 6.07) is 19.8. The Balaban J connectivity index is 2.12. The van der Waals surface area contributed by atoms with Gasteiger partial charge in [0.25, 0.3) is 5.56 Å². The van der Waals surface area contributed by atoms with E-state index < -0.39 is 0 Å². The molecule has 0 fully saturated rings. The summed E-state index contributed by atoms with van der Waals surface area (Å²) in [6.45, 7) is 0. The third-order valence-electron chi connectivity index (χ3n) is 3.15. The van der Waals surface area contributed by atoms with Gasteiger partial charge in [-0.25, -0.2) is 0 Å². The van der Waals surface area contributed by atoms with E-state index in [1.54, 1.807) is 34.9 Å². The summed E-state index contributed by atoms with van der Waals surface area (Å²) in [5.41, 5.74) is 2.65. The van der Waals surface area contributed by atoms with Gasteiger partial charge in [-0.2, -0.15) is 0 Å². The Hall–Kier alpha value is -2.81. The van der Waals surface area contributed by atoms with Crippen LogP contribution in [0.3, 0.4) is 0 Å². The molecule has 0 saturated carbocycles. The molecule has 0 saturated heterocycles. The van der Waals surface area contributed by atoms with Crippen LogP contribution in [0.25, 0.3) is 16.8 Å². The SMILES string of the molecule is O=c1ccc(-c2ccccc2)cn1-c1ccc(O)cc1. The monoisotopic (exact) mass is 263 g/mol. The number of phenols is 1. The zero-order valence-corrected chi connectivity index (χ0v) is 10.7. The molecule has 0 bridgehead atoms. The number of pyridine rings is 1. The fourth-order valence-electron chi connectivity index (χ4n) is 2.10. The highest BCUT2D eigenvalue weighted by Gasteiger charge is 2.03. The van der Waals surface area contributed by atoms with Gasteiger partial charge >= 0.3 is 0 Å². The third-order valence-corrected chi connectivity index (χ3v) is 3.15. The maximum absolute atomic E-state index is 12.0. The number of benzene rings is 2. The van der Waals surface area contributed by atoms with Crippen LogP contribution in [0.5, 0.6) is 5.75 Å². The molecule has 0 spiro atoms. The van der Waals surface area contributed by atoms with Crippen LogP contribution in [-0.2, 0) is 0 Å². The van der Waals surface area contributed by atoms with Crippen molar-refractivity contribution in [1.82, 2.24) is 4.57 Å². The van der Waals surface area contributed by atoms with E-state index in [-0.39, 0.29) is 11.3 Å². The van der Waals surface area contributed by atoms with E-state index in [2.05, 4.69) is 0 Å². The predicted molar refractivity (Wildman–Crippen MR) is 79.1 cm³/mol. The number of hydrogen-bond donors (Lipinski definition) is 1. The van der Waals surface area contributed by atoms with Gasteiger partial charge in [0.15, 0.2) is 0 Å². The van der Waals surface area contributed by atoms with Gasteiger partial charge in [-0.15, -0.1) is 0 Å². The van der Waals surface area contributed by atoms with Crippen molar-refractivity contribution >= 4 is 0 Å². The molecule has 0 unspecified atom stereocenters. The molecule has 1 heterocycles. The van der Waals surface area contributed by atoms with E-state index in [0.717, 1.165) is 16.8 Å². The Bertz CT molecular complexity index is 774. The second-order valence-electron chi connectivity index (χ2n) is 4.51. The largest absolute Gasteiger partial charge is 0.508 e. The first-order valence-electron chi connectivity index (χ1n) is 6.31. The molecule has 0 aliphatic rings. The van der Waals surface area contributed by atoms with Crippen LogP contribution in [-0.4, -0.2) is 9.67 Å². The van der Waals surface area contributed by atoms with Crippen molar-refractivity contribution in [3.8, 4) is 22.6 Å². The fourth-order valence-corrected chi connectivity index (χ4v) is 2.10. The number of aromatic hydroxyl groups is 1. The van der Waals surface area contributed by atoms with Crippen molar-refractivity contribution < 1.29 is 5.11 Å². The lowest BCUT2D eigenvalue weighted by Crippen LogP contribution is -2.16. The van der Waals surface area contributed by atoms with Gasteiger partial charge in [0.2, 0.25) is 0 Å². The van der Waals surface area contributed by atoms with E-state index in [1.807, 2.05) is 42.6 Å². The van der Waals surface area contributed by atoms with Gasteiger partial charge in [-0.3, -0.25) is 9.36 Å². The lowest BCUT2D eigenvalue weighted by atomic mass is 10.1. The predicted octanol–water partition coefficient (Wildman–Crippen LogP) is 3.21. The summed E-state index contributed by atoms with van der Waals surface area (Å²) >= 11 is 0. The van der Waals surface area contributed by atoms with Gasteiger partial charge in [0.1, 0.15) is 5.75 Å². The van der Waals surface area contributed by atoms with Crippen LogP contribution in [0, 0.1) is 0 Å². The summed E-state index contributed by atoms with van der Waals surface area (Å²) in [5.74, 6) is 0.181. The molecule has 0 radical (unpaired) electrons. The Morgan fingerprint density at radius 2 is 1.45 bits per heavy atom. The zero-order valence-electron chi connectivity index (χ0n) is 10.7. The second kappa shape index (κ2) is 5.05. The molecule has 20 heavy (non-hydrogen) atoms. The highest BCUT2D eigenvalue weighted by Crippen LogP contribution is 2.19. The van der Waals surface area contributed by atoms with E-state index in [0.29, 0.717) is 0 Å². The Labute approximate surface area is 116 Å². The maximum atomic E-state index is 12.0. The smallest absolute Gasteiger partial charge is 0.255 e. The van der Waals surface area contributed by atoms with Crippen LogP contribution in [0.1, 0.15) is 0 Å². The van der Waals surface area contributed by atoms with E-state index in [9.17, 15) is 9.90 Å². The van der Waals surface area contributed by atoms with Gasteiger partial charge in [-0.05, 0) is 41.5 Å². The minimum Gasteiger partial charge on any atom is -0.508 e. The Morgan fingerprint density at radius 3 is 2.15 bits per heavy atom. The molecule has 98 valence electrons. The van der Waals surface area contributed by atoms with E-state index in [1.165, 1.54) is 0 Å². The average Bonchev–Trinajstić information content (AvgIpc) is 2.50. The lowest BCUT2D eigenvalue weighted by molar-refractivity contribution is 0.475. The summed E-state index contributed by atoms with van der Waals surface area (Å²) in [7, 11) is 0. The van der Waals surface area contributed by atoms with E-state index >= 15 is 0 Å². The minimum atomic E-state index is -0.102. The molecule has 3 nitrogen and oxygen atoms in total. The van der Waals surface area contributed by atoms with Gasteiger partial charge in [0, 0.05) is 18.0 Å². The van der Waals surface area contributed by atoms with Crippen molar-refractivity contribution in [2.75, 3.05) is 0 Å². The number of nitrogens with zero attached hydrogens (tertiary/aromatic N) is 1. The molecule has 1 N–H and O–H groups in total. The van der Waals surface area contributed by atoms with Crippen molar-refractivity contribution in [2.45, 2.75) is 0 Å². The van der Waals surface area contributed by atoms with Gasteiger partial charge in [-0.1, -0.05) is 30.3 Å². The summed E-state index contributed by atoms with van der Waals surface area (Å²) in [4.78, 5) is 12.0. The molecule has 0 aliphatic carbocycles. The van der Waals surface area contributed by atoms with Crippen LogP contribution in [0.2, 0.25) is 0 Å². The zero-order chi connectivity index (χ0) is 13.9. The molecule has 0 aliphatic heterocycles. The average molecular weight is 263 g/mol. The van der Waals surface area contributed by atoms with E-state index in [4.69, 9.17) is 0 Å². The molecule has 0 amide bonds. The molecular weight excluding hydrogens is 250 g/mol. The lowest BCUT2D eigenvalue weighted by Gasteiger charge is -2.08. The van der Waals surface area contributed by atoms with Crippen molar-refractivity contribution in [1.29, 1.82) is 0 Å². The van der Waals surface area contributed by atoms with Crippen LogP contribution >= 0.6 is 0 Å². The second-order valence-corrected chi connectivity index (χ2v) is 4.51. The first-order valence-corrected chi connectivity index (χ1v) is 6.31. The molecule has 3 heteroatoms. The standard InChI is InChI=1S/C17H13NO2/c19-16-9-7-15(8-10-16)18-12-14(6-11-17(18)20)13-4-2-1-3-5-13/h1-12,19H. The number of rotatable bonds is 2. The minimum absolute atomic E-state index is 0.102. The number of phenolic OH excluding ortho intramolecular Hbond substituents is 1. The molecule has 2 aromatic carbocycles. The van der Waals surface area contributed by atoms with Gasteiger partial charge in [0.05, 0.1) is 0 Å². The van der Waals surface area contributed by atoms with Gasteiger partial charge < -0.3 is 5.11 Å². The highest BCUT2D eigenvalue weighted by molar-refractivity contribution is 5.62. The first-order chi connectivity index (χ1) is 9.74. The molecule has 1 aromatic heterocycles. The summed E-state index contributed by atoms with van der Waals surface area (Å²) in [6.07, 6.45) is 1.81. The molecule has 3 aromatic rings. The topological polar surface area (TPSA) is 42.2 Å². The van der Waals surface area contributed by atoms with Crippen molar-refractivity contribution in [3.63, 3.8) is 0 Å². The number of hydrogen-bond acceptors (Lipinski definition) is 2. The molecule has 0 atom stereocenters. The summed E-state index contributed by atoms with van der Waals surface area (Å²) < 4.78 is 1.57. The van der Waals surface area contributed by atoms with Crippen LogP contribution in [0.15, 0.2) is 77.7 Å². The Morgan fingerprint density at radius 1 is 0.750 bits per heavy atom. The van der Waals surface area contributed by atoms with Crippen molar-refractivity contribution in [2.24, 2.45) is 0 Å². The van der Waals surface area contributed by atoms with Crippen molar-refractivity contribution in [3.05, 3.63) is 83.3 Å². The van der Waals surface area contributed by atoms with Crippen LogP contribution < -0.4 is 5.56 Å². The normalized spacial score (nSPS) is 10.4. The van der Waals surface area contributed by atoms with Crippen LogP contribution in [0.4, 0.5) is 0 Å². The highest BCUT2D eigenvalue weighted by atomic mass is 16.3. The molecule has 3 rings (SSSR count). The quantitative estimate of drug-likeness (QED) is 0.771. The Kier molecular flexibility index (Phi) is 3.09.